The highest BCUT2D eigenvalue weighted by Crippen LogP contribution is 2.34. The van der Waals surface area contributed by atoms with E-state index in [1.165, 1.54) is 11.8 Å². The Morgan fingerprint density at radius 1 is 0.903 bits per heavy atom. The lowest BCUT2D eigenvalue weighted by Gasteiger charge is -2.25. The van der Waals surface area contributed by atoms with Crippen LogP contribution in [0.3, 0.4) is 0 Å². The predicted octanol–water partition coefficient (Wildman–Crippen LogP) is 4.50. The Bertz CT molecular complexity index is 1210. The number of thioether (sulfide) groups is 1. The van der Waals surface area contributed by atoms with Crippen molar-refractivity contribution < 1.29 is 9.59 Å². The maximum absolute atomic E-state index is 13.3. The van der Waals surface area contributed by atoms with Gasteiger partial charge in [0.25, 0.3) is 5.91 Å². The highest BCUT2D eigenvalue weighted by molar-refractivity contribution is 8.14. The van der Waals surface area contributed by atoms with Crippen LogP contribution in [0.25, 0.3) is 0 Å². The minimum atomic E-state index is -0.501. The van der Waals surface area contributed by atoms with Crippen molar-refractivity contribution in [2.45, 2.75) is 12.5 Å². The average molecular weight is 426 g/mol. The van der Waals surface area contributed by atoms with E-state index >= 15 is 0 Å². The van der Waals surface area contributed by atoms with E-state index in [0.29, 0.717) is 23.0 Å². The quantitative estimate of drug-likeness (QED) is 0.565. The summed E-state index contributed by atoms with van der Waals surface area (Å²) < 4.78 is 0. The van der Waals surface area contributed by atoms with Crippen molar-refractivity contribution in [3.63, 3.8) is 0 Å². The molecule has 0 spiro atoms. The first-order valence-corrected chi connectivity index (χ1v) is 11.0. The molecule has 0 aromatic heterocycles. The van der Waals surface area contributed by atoms with Crippen LogP contribution < -0.4 is 0 Å². The van der Waals surface area contributed by atoms with Crippen molar-refractivity contribution in [2.75, 3.05) is 5.75 Å². The van der Waals surface area contributed by atoms with Crippen molar-refractivity contribution in [2.24, 2.45) is 9.98 Å². The molecule has 0 saturated heterocycles. The summed E-state index contributed by atoms with van der Waals surface area (Å²) in [5, 5.41) is 0.502. The van der Waals surface area contributed by atoms with Gasteiger partial charge in [0.1, 0.15) is 11.9 Å². The van der Waals surface area contributed by atoms with Gasteiger partial charge in [-0.15, -0.1) is 0 Å². The molecule has 152 valence electrons. The molecule has 0 radical (unpaired) electrons. The maximum atomic E-state index is 13.3. The number of amidine groups is 2. The molecular formula is C25H19N3O2S. The summed E-state index contributed by atoms with van der Waals surface area (Å²) in [6.45, 7) is 0. The second-order valence-electron chi connectivity index (χ2n) is 7.32. The Labute approximate surface area is 184 Å². The van der Waals surface area contributed by atoms with E-state index in [-0.39, 0.29) is 17.4 Å². The fourth-order valence-electron chi connectivity index (χ4n) is 3.71. The first-order valence-electron chi connectivity index (χ1n) is 10.1. The zero-order chi connectivity index (χ0) is 21.2. The number of fused-ring (bicyclic) bond motifs is 3. The van der Waals surface area contributed by atoms with Crippen LogP contribution in [-0.4, -0.2) is 39.4 Å². The Morgan fingerprint density at radius 3 is 2.35 bits per heavy atom. The first-order chi connectivity index (χ1) is 15.2. The summed E-state index contributed by atoms with van der Waals surface area (Å²) in [6.07, 6.45) is 0.530. The van der Waals surface area contributed by atoms with Gasteiger partial charge in [-0.2, -0.15) is 0 Å². The Hall–Kier alpha value is -3.51. The number of para-hydroxylation sites is 1. The van der Waals surface area contributed by atoms with Gasteiger partial charge in [-0.05, 0) is 17.7 Å². The Kier molecular flexibility index (Phi) is 5.22. The highest BCUT2D eigenvalue weighted by atomic mass is 32.2. The van der Waals surface area contributed by atoms with Crippen LogP contribution in [0.15, 0.2) is 94.9 Å². The molecule has 0 bridgehead atoms. The normalized spacial score (nSPS) is 17.0. The zero-order valence-electron chi connectivity index (χ0n) is 16.6. The summed E-state index contributed by atoms with van der Waals surface area (Å²) >= 11 is 1.28. The largest absolute Gasteiger partial charge is 0.293 e. The summed E-state index contributed by atoms with van der Waals surface area (Å²) in [6, 6.07) is 26.2. The molecule has 3 aromatic carbocycles. The second kappa shape index (κ2) is 8.32. The first kappa shape index (κ1) is 19.5. The Balaban J connectivity index is 1.43. The van der Waals surface area contributed by atoms with Gasteiger partial charge in [0.15, 0.2) is 11.0 Å². The van der Waals surface area contributed by atoms with Gasteiger partial charge in [0, 0.05) is 17.5 Å². The molecule has 0 N–H and O–H groups in total. The smallest absolute Gasteiger partial charge is 0.259 e. The Morgan fingerprint density at radius 2 is 1.58 bits per heavy atom. The van der Waals surface area contributed by atoms with E-state index in [1.807, 2.05) is 72.8 Å². The topological polar surface area (TPSA) is 62.1 Å². The lowest BCUT2D eigenvalue weighted by Crippen LogP contribution is -2.41. The molecule has 2 aliphatic rings. The van der Waals surface area contributed by atoms with Crippen LogP contribution in [0, 0.1) is 0 Å². The van der Waals surface area contributed by atoms with Crippen molar-refractivity contribution in [1.29, 1.82) is 0 Å². The molecule has 3 aromatic rings. The van der Waals surface area contributed by atoms with E-state index in [0.717, 1.165) is 16.8 Å². The molecule has 2 heterocycles. The molecule has 31 heavy (non-hydrogen) atoms. The van der Waals surface area contributed by atoms with Crippen LogP contribution in [0.5, 0.6) is 0 Å². The number of nitrogens with zero attached hydrogens (tertiary/aromatic N) is 3. The molecule has 6 heteroatoms. The fourth-order valence-corrected chi connectivity index (χ4v) is 4.60. The monoisotopic (exact) mass is 425 g/mol. The van der Waals surface area contributed by atoms with E-state index in [1.54, 1.807) is 17.0 Å². The summed E-state index contributed by atoms with van der Waals surface area (Å²) in [5.41, 5.74) is 3.31. The number of hydrogen-bond donors (Lipinski definition) is 0. The third kappa shape index (κ3) is 3.82. The maximum Gasteiger partial charge on any atom is 0.259 e. The molecule has 0 saturated carbocycles. The lowest BCUT2D eigenvalue weighted by molar-refractivity contribution is -0.124. The SMILES string of the molecule is O=C(CSC1=Nc2ccccc2C2=NC(Cc3ccccc3)C(=O)N12)c1ccccc1. The number of rotatable bonds is 5. The van der Waals surface area contributed by atoms with Gasteiger partial charge in [0.05, 0.1) is 11.4 Å². The van der Waals surface area contributed by atoms with E-state index in [9.17, 15) is 9.59 Å². The van der Waals surface area contributed by atoms with Crippen molar-refractivity contribution >= 4 is 40.1 Å². The number of hydrogen-bond acceptors (Lipinski definition) is 5. The number of carbonyl (C=O) groups is 2. The third-order valence-corrected chi connectivity index (χ3v) is 6.19. The summed E-state index contributed by atoms with van der Waals surface area (Å²) in [7, 11) is 0. The minimum Gasteiger partial charge on any atom is -0.293 e. The second-order valence-corrected chi connectivity index (χ2v) is 8.26. The van der Waals surface area contributed by atoms with Gasteiger partial charge in [-0.3, -0.25) is 14.6 Å². The van der Waals surface area contributed by atoms with Crippen molar-refractivity contribution in [3.8, 4) is 0 Å². The average Bonchev–Trinajstić information content (AvgIpc) is 3.15. The van der Waals surface area contributed by atoms with Crippen LogP contribution in [0.1, 0.15) is 21.5 Å². The number of benzene rings is 3. The predicted molar refractivity (Wildman–Crippen MR) is 124 cm³/mol. The molecule has 5 rings (SSSR count). The van der Waals surface area contributed by atoms with Crippen LogP contribution in [0.4, 0.5) is 5.69 Å². The van der Waals surface area contributed by atoms with Gasteiger partial charge in [0.2, 0.25) is 0 Å². The number of Topliss-reactive ketones (excluding diaryl/α,β-unsaturated/α-hetero) is 1. The van der Waals surface area contributed by atoms with Crippen LogP contribution in [0.2, 0.25) is 0 Å². The van der Waals surface area contributed by atoms with Gasteiger partial charge in [-0.25, -0.2) is 9.89 Å². The summed E-state index contributed by atoms with van der Waals surface area (Å²) in [5.74, 6) is 0.710. The van der Waals surface area contributed by atoms with Crippen LogP contribution in [-0.2, 0) is 11.2 Å². The molecule has 1 amide bonds. The van der Waals surface area contributed by atoms with Gasteiger partial charge >= 0.3 is 0 Å². The zero-order valence-corrected chi connectivity index (χ0v) is 17.5. The van der Waals surface area contributed by atoms with Crippen LogP contribution >= 0.6 is 11.8 Å². The highest BCUT2D eigenvalue weighted by Gasteiger charge is 2.41. The molecule has 0 fully saturated rings. The van der Waals surface area contributed by atoms with E-state index < -0.39 is 6.04 Å². The molecule has 0 aliphatic carbocycles. The van der Waals surface area contributed by atoms with Crippen molar-refractivity contribution in [1.82, 2.24) is 4.90 Å². The lowest BCUT2D eigenvalue weighted by atomic mass is 10.1. The number of amides is 1. The number of aliphatic imine (C=N–C) groups is 2. The minimum absolute atomic E-state index is 0.00173. The summed E-state index contributed by atoms with van der Waals surface area (Å²) in [4.78, 5) is 37.0. The fraction of sp³-hybridized carbons (Fsp3) is 0.120. The van der Waals surface area contributed by atoms with E-state index in [2.05, 4.69) is 0 Å². The number of ketones is 1. The standard InChI is InChI=1S/C25H19N3O2S/c29-22(18-11-5-2-6-12-18)16-31-25-27-20-14-8-7-13-19(20)23-26-21(24(30)28(23)25)15-17-9-3-1-4-10-17/h1-14,21H,15-16H2. The van der Waals surface area contributed by atoms with Crippen molar-refractivity contribution in [3.05, 3.63) is 102 Å². The third-order valence-electron chi connectivity index (χ3n) is 5.25. The van der Waals surface area contributed by atoms with Gasteiger partial charge < -0.3 is 0 Å². The van der Waals surface area contributed by atoms with E-state index in [4.69, 9.17) is 9.98 Å². The molecule has 1 unspecified atom stereocenters. The number of carbonyl (C=O) groups excluding carboxylic acids is 2. The molecule has 2 aliphatic heterocycles. The molecular weight excluding hydrogens is 406 g/mol. The molecule has 1 atom stereocenters. The van der Waals surface area contributed by atoms with Gasteiger partial charge in [-0.1, -0.05) is 84.6 Å². The molecule has 5 nitrogen and oxygen atoms in total.